The molecule has 0 aromatic carbocycles. The molecule has 1 amide bonds. The van der Waals surface area contributed by atoms with Gasteiger partial charge in [0.15, 0.2) is 0 Å². The maximum absolute atomic E-state index is 12.0. The number of carboxylic acids is 1. The Balaban J connectivity index is 4.24. The number of carbonyl (C=O) groups is 2. The summed E-state index contributed by atoms with van der Waals surface area (Å²) in [5, 5.41) is 17.6. The van der Waals surface area contributed by atoms with Crippen molar-refractivity contribution in [3.8, 4) is 0 Å². The third-order valence-electron chi connectivity index (χ3n) is 2.91. The van der Waals surface area contributed by atoms with Crippen LogP contribution in [0, 0.1) is 0 Å². The van der Waals surface area contributed by atoms with Gasteiger partial charge in [0, 0.05) is 32.6 Å². The maximum Gasteiger partial charge on any atom is 0.320 e. The summed E-state index contributed by atoms with van der Waals surface area (Å²) < 4.78 is 0. The Morgan fingerprint density at radius 2 is 1.63 bits per heavy atom. The first kappa shape index (κ1) is 17.8. The molecule has 0 unspecified atom stereocenters. The molecule has 0 bridgehead atoms. The molecule has 0 radical (unpaired) electrons. The third-order valence-corrected chi connectivity index (χ3v) is 2.91. The fourth-order valence-electron chi connectivity index (χ4n) is 1.67. The van der Waals surface area contributed by atoms with Crippen LogP contribution in [0.15, 0.2) is 0 Å². The highest BCUT2D eigenvalue weighted by Gasteiger charge is 2.19. The third kappa shape index (κ3) is 7.76. The van der Waals surface area contributed by atoms with Gasteiger partial charge in [0.1, 0.15) is 6.04 Å². The van der Waals surface area contributed by atoms with Crippen molar-refractivity contribution in [2.24, 2.45) is 0 Å². The van der Waals surface area contributed by atoms with Crippen LogP contribution in [-0.2, 0) is 9.59 Å². The topological polar surface area (TPSA) is 93.7 Å². The quantitative estimate of drug-likeness (QED) is 0.374. The first-order chi connectivity index (χ1) is 9.06. The predicted molar refractivity (Wildman–Crippen MR) is 74.2 cm³/mol. The normalized spacial score (nSPS) is 12.2. The lowest BCUT2D eigenvalue weighted by Gasteiger charge is -2.23. The van der Waals surface area contributed by atoms with Crippen LogP contribution in [0.3, 0.4) is 0 Å². The Kier molecular flexibility index (Phi) is 10.1. The summed E-state index contributed by atoms with van der Waals surface area (Å²) in [5.74, 6) is -0.931. The molecule has 0 saturated heterocycles. The number of likely N-dealkylation sites (N-methyl/N-ethyl adjacent to an activating group) is 3. The van der Waals surface area contributed by atoms with Crippen LogP contribution in [0.1, 0.15) is 12.8 Å². The lowest BCUT2D eigenvalue weighted by molar-refractivity contribution is -0.139. The molecule has 19 heavy (non-hydrogen) atoms. The van der Waals surface area contributed by atoms with Gasteiger partial charge in [-0.1, -0.05) is 0 Å². The van der Waals surface area contributed by atoms with Crippen molar-refractivity contribution in [2.75, 3.05) is 47.3 Å². The summed E-state index contributed by atoms with van der Waals surface area (Å²) in [4.78, 5) is 24.6. The second kappa shape index (κ2) is 10.7. The number of nitrogens with one attached hydrogen (secondary N) is 3. The molecule has 0 aromatic rings. The van der Waals surface area contributed by atoms with Crippen molar-refractivity contribution < 1.29 is 14.7 Å². The van der Waals surface area contributed by atoms with Gasteiger partial charge in [0.05, 0.1) is 0 Å². The molecular weight excluding hydrogens is 248 g/mol. The SMILES string of the molecule is CNCCN(CCNC)C(=O)CC[C@H](NC)C(=O)O. The molecule has 0 aromatic heterocycles. The van der Waals surface area contributed by atoms with Crippen molar-refractivity contribution in [1.82, 2.24) is 20.9 Å². The Morgan fingerprint density at radius 3 is 2.00 bits per heavy atom. The van der Waals surface area contributed by atoms with E-state index in [0.717, 1.165) is 13.1 Å². The first-order valence-corrected chi connectivity index (χ1v) is 6.53. The molecule has 0 fully saturated rings. The van der Waals surface area contributed by atoms with E-state index in [1.54, 1.807) is 11.9 Å². The summed E-state index contributed by atoms with van der Waals surface area (Å²) in [6.45, 7) is 2.72. The number of carbonyl (C=O) groups excluding carboxylic acids is 1. The van der Waals surface area contributed by atoms with Gasteiger partial charge in [-0.25, -0.2) is 0 Å². The Morgan fingerprint density at radius 1 is 1.11 bits per heavy atom. The van der Waals surface area contributed by atoms with Gasteiger partial charge in [-0.05, 0) is 27.6 Å². The summed E-state index contributed by atoms with van der Waals surface area (Å²) in [6, 6.07) is -0.667. The molecular formula is C12H26N4O3. The van der Waals surface area contributed by atoms with Crippen LogP contribution in [0.4, 0.5) is 0 Å². The van der Waals surface area contributed by atoms with Crippen LogP contribution in [0.2, 0.25) is 0 Å². The lowest BCUT2D eigenvalue weighted by atomic mass is 10.1. The van der Waals surface area contributed by atoms with E-state index in [1.807, 2.05) is 14.1 Å². The van der Waals surface area contributed by atoms with Gasteiger partial charge >= 0.3 is 5.97 Å². The molecule has 4 N–H and O–H groups in total. The number of carboxylic acid groups (broad SMARTS) is 1. The fourth-order valence-corrected chi connectivity index (χ4v) is 1.67. The molecule has 0 rings (SSSR count). The van der Waals surface area contributed by atoms with Gasteiger partial charge in [0.25, 0.3) is 0 Å². The second-order valence-corrected chi connectivity index (χ2v) is 4.31. The van der Waals surface area contributed by atoms with Crippen LogP contribution in [-0.4, -0.2) is 75.2 Å². The van der Waals surface area contributed by atoms with Crippen molar-refractivity contribution in [1.29, 1.82) is 0 Å². The summed E-state index contributed by atoms with van der Waals surface area (Å²) in [6.07, 6.45) is 0.547. The summed E-state index contributed by atoms with van der Waals surface area (Å²) >= 11 is 0. The van der Waals surface area contributed by atoms with Crippen LogP contribution in [0.5, 0.6) is 0 Å². The van der Waals surface area contributed by atoms with Gasteiger partial charge < -0.3 is 26.0 Å². The highest BCUT2D eigenvalue weighted by molar-refractivity contribution is 5.78. The maximum atomic E-state index is 12.0. The second-order valence-electron chi connectivity index (χ2n) is 4.31. The molecule has 1 atom stereocenters. The monoisotopic (exact) mass is 274 g/mol. The Labute approximate surface area is 114 Å². The van der Waals surface area contributed by atoms with E-state index in [2.05, 4.69) is 16.0 Å². The minimum Gasteiger partial charge on any atom is -0.480 e. The Bertz CT molecular complexity index is 266. The van der Waals surface area contributed by atoms with Gasteiger partial charge in [0.2, 0.25) is 5.91 Å². The summed E-state index contributed by atoms with van der Waals surface area (Å²) in [7, 11) is 5.26. The molecule has 0 saturated carbocycles. The standard InChI is InChI=1S/C12H26N4O3/c1-13-6-8-16(9-7-14-2)11(17)5-4-10(15-3)12(18)19/h10,13-15H,4-9H2,1-3H3,(H,18,19)/t10-/m0/s1. The molecule has 0 heterocycles. The predicted octanol–water partition coefficient (Wildman–Crippen LogP) is -1.29. The van der Waals surface area contributed by atoms with E-state index in [1.165, 1.54) is 0 Å². The van der Waals surface area contributed by atoms with Crippen molar-refractivity contribution in [2.45, 2.75) is 18.9 Å². The van der Waals surface area contributed by atoms with E-state index in [-0.39, 0.29) is 12.3 Å². The van der Waals surface area contributed by atoms with Gasteiger partial charge in [-0.2, -0.15) is 0 Å². The molecule has 7 heteroatoms. The van der Waals surface area contributed by atoms with E-state index < -0.39 is 12.0 Å². The number of hydrogen-bond acceptors (Lipinski definition) is 5. The van der Waals surface area contributed by atoms with Gasteiger partial charge in [-0.3, -0.25) is 9.59 Å². The zero-order valence-electron chi connectivity index (χ0n) is 12.0. The smallest absolute Gasteiger partial charge is 0.320 e. The van der Waals surface area contributed by atoms with Crippen LogP contribution in [0.25, 0.3) is 0 Å². The highest BCUT2D eigenvalue weighted by Crippen LogP contribution is 2.02. The van der Waals surface area contributed by atoms with Crippen LogP contribution < -0.4 is 16.0 Å². The molecule has 0 aliphatic heterocycles. The Hall–Kier alpha value is -1.18. The number of aliphatic carboxylic acids is 1. The number of rotatable bonds is 11. The van der Waals surface area contributed by atoms with E-state index in [0.29, 0.717) is 19.5 Å². The minimum atomic E-state index is -0.924. The molecule has 7 nitrogen and oxygen atoms in total. The molecule has 112 valence electrons. The largest absolute Gasteiger partial charge is 0.480 e. The summed E-state index contributed by atoms with van der Waals surface area (Å²) in [5.41, 5.74) is 0. The molecule has 0 aliphatic carbocycles. The zero-order valence-corrected chi connectivity index (χ0v) is 12.0. The van der Waals surface area contributed by atoms with Crippen LogP contribution >= 0.6 is 0 Å². The van der Waals surface area contributed by atoms with Crippen molar-refractivity contribution in [3.05, 3.63) is 0 Å². The van der Waals surface area contributed by atoms with Crippen molar-refractivity contribution in [3.63, 3.8) is 0 Å². The lowest BCUT2D eigenvalue weighted by Crippen LogP contribution is -2.41. The fraction of sp³-hybridized carbons (Fsp3) is 0.833. The van der Waals surface area contributed by atoms with Gasteiger partial charge in [-0.15, -0.1) is 0 Å². The van der Waals surface area contributed by atoms with E-state index >= 15 is 0 Å². The van der Waals surface area contributed by atoms with E-state index in [9.17, 15) is 9.59 Å². The number of hydrogen-bond donors (Lipinski definition) is 4. The average molecular weight is 274 g/mol. The number of nitrogens with zero attached hydrogens (tertiary/aromatic N) is 1. The average Bonchev–Trinajstić information content (AvgIpc) is 2.39. The number of amides is 1. The highest BCUT2D eigenvalue weighted by atomic mass is 16.4. The zero-order chi connectivity index (χ0) is 14.7. The first-order valence-electron chi connectivity index (χ1n) is 6.53. The molecule has 0 aliphatic rings. The molecule has 0 spiro atoms. The van der Waals surface area contributed by atoms with Crippen molar-refractivity contribution >= 4 is 11.9 Å². The minimum absolute atomic E-state index is 0.00741. The van der Waals surface area contributed by atoms with E-state index in [4.69, 9.17) is 5.11 Å².